The molecule has 1 aromatic carbocycles. The molecule has 0 aliphatic carbocycles. The lowest BCUT2D eigenvalue weighted by atomic mass is 10.2. The van der Waals surface area contributed by atoms with E-state index in [1.807, 2.05) is 43.3 Å². The van der Waals surface area contributed by atoms with E-state index >= 15 is 0 Å². The van der Waals surface area contributed by atoms with E-state index in [0.29, 0.717) is 5.69 Å². The highest BCUT2D eigenvalue weighted by Gasteiger charge is 2.10. The SMILES string of the molecule is Cc1ccccc1Sc1cccnc1/C(N)=N/O. The summed E-state index contributed by atoms with van der Waals surface area (Å²) in [5.74, 6) is 0.0201. The molecule has 4 nitrogen and oxygen atoms in total. The Bertz CT molecular complexity index is 584. The van der Waals surface area contributed by atoms with Crippen molar-refractivity contribution in [2.45, 2.75) is 16.7 Å². The van der Waals surface area contributed by atoms with Crippen LogP contribution in [0.3, 0.4) is 0 Å². The molecule has 0 fully saturated rings. The van der Waals surface area contributed by atoms with Gasteiger partial charge >= 0.3 is 0 Å². The van der Waals surface area contributed by atoms with Gasteiger partial charge in [-0.25, -0.2) is 0 Å². The number of aromatic nitrogens is 1. The van der Waals surface area contributed by atoms with Crippen LogP contribution < -0.4 is 5.73 Å². The molecule has 5 heteroatoms. The van der Waals surface area contributed by atoms with Crippen LogP contribution in [0, 0.1) is 6.92 Å². The highest BCUT2D eigenvalue weighted by Crippen LogP contribution is 2.31. The third-order valence-corrected chi connectivity index (χ3v) is 3.66. The van der Waals surface area contributed by atoms with Crippen LogP contribution in [0.4, 0.5) is 0 Å². The van der Waals surface area contributed by atoms with Crippen LogP contribution in [0.1, 0.15) is 11.3 Å². The summed E-state index contributed by atoms with van der Waals surface area (Å²) in [4.78, 5) is 6.12. The maximum atomic E-state index is 8.75. The van der Waals surface area contributed by atoms with Gasteiger partial charge in [0.05, 0.1) is 0 Å². The molecule has 0 bridgehead atoms. The van der Waals surface area contributed by atoms with E-state index in [1.54, 1.807) is 18.0 Å². The number of aryl methyl sites for hydroxylation is 1. The summed E-state index contributed by atoms with van der Waals surface area (Å²) in [6.07, 6.45) is 1.62. The molecule has 92 valence electrons. The van der Waals surface area contributed by atoms with Crippen molar-refractivity contribution in [1.29, 1.82) is 0 Å². The summed E-state index contributed by atoms with van der Waals surface area (Å²) in [6.45, 7) is 2.04. The van der Waals surface area contributed by atoms with Crippen LogP contribution in [-0.2, 0) is 0 Å². The zero-order chi connectivity index (χ0) is 13.0. The molecular formula is C13H13N3OS. The first kappa shape index (κ1) is 12.4. The van der Waals surface area contributed by atoms with Gasteiger partial charge in [-0.3, -0.25) is 4.98 Å². The monoisotopic (exact) mass is 259 g/mol. The van der Waals surface area contributed by atoms with E-state index in [9.17, 15) is 0 Å². The van der Waals surface area contributed by atoms with E-state index < -0.39 is 0 Å². The molecular weight excluding hydrogens is 246 g/mol. The average Bonchev–Trinajstić information content (AvgIpc) is 2.41. The normalized spacial score (nSPS) is 11.5. The van der Waals surface area contributed by atoms with Crippen molar-refractivity contribution < 1.29 is 5.21 Å². The van der Waals surface area contributed by atoms with Gasteiger partial charge in [0.25, 0.3) is 0 Å². The van der Waals surface area contributed by atoms with Crippen LogP contribution in [-0.4, -0.2) is 16.0 Å². The Kier molecular flexibility index (Phi) is 3.84. The van der Waals surface area contributed by atoms with Gasteiger partial charge in [0, 0.05) is 16.0 Å². The molecule has 0 saturated carbocycles. The van der Waals surface area contributed by atoms with Crippen LogP contribution >= 0.6 is 11.8 Å². The number of hydrogen-bond acceptors (Lipinski definition) is 4. The highest BCUT2D eigenvalue weighted by atomic mass is 32.2. The van der Waals surface area contributed by atoms with Gasteiger partial charge in [-0.2, -0.15) is 0 Å². The lowest BCUT2D eigenvalue weighted by Crippen LogP contribution is -2.15. The molecule has 18 heavy (non-hydrogen) atoms. The lowest BCUT2D eigenvalue weighted by Gasteiger charge is -2.08. The summed E-state index contributed by atoms with van der Waals surface area (Å²) >= 11 is 1.55. The molecule has 0 saturated heterocycles. The molecule has 1 aromatic heterocycles. The fourth-order valence-corrected chi connectivity index (χ4v) is 2.52. The van der Waals surface area contributed by atoms with Crippen molar-refractivity contribution in [1.82, 2.24) is 4.98 Å². The molecule has 0 spiro atoms. The number of nitrogens with zero attached hydrogens (tertiary/aromatic N) is 2. The lowest BCUT2D eigenvalue weighted by molar-refractivity contribution is 0.318. The zero-order valence-corrected chi connectivity index (χ0v) is 10.7. The van der Waals surface area contributed by atoms with Crippen molar-refractivity contribution in [3.63, 3.8) is 0 Å². The van der Waals surface area contributed by atoms with Crippen LogP contribution in [0.2, 0.25) is 0 Å². The van der Waals surface area contributed by atoms with Gasteiger partial charge < -0.3 is 10.9 Å². The minimum Gasteiger partial charge on any atom is -0.409 e. The second kappa shape index (κ2) is 5.55. The Labute approximate surface area is 110 Å². The summed E-state index contributed by atoms with van der Waals surface area (Å²) in [5, 5.41) is 11.7. The topological polar surface area (TPSA) is 71.5 Å². The van der Waals surface area contributed by atoms with Crippen LogP contribution in [0.15, 0.2) is 57.5 Å². The van der Waals surface area contributed by atoms with Crippen molar-refractivity contribution >= 4 is 17.6 Å². The molecule has 2 rings (SSSR count). The third kappa shape index (κ3) is 2.62. The molecule has 0 aliphatic rings. The molecule has 0 unspecified atom stereocenters. The van der Waals surface area contributed by atoms with E-state index in [2.05, 4.69) is 10.1 Å². The maximum Gasteiger partial charge on any atom is 0.189 e. The Morgan fingerprint density at radius 2 is 1.94 bits per heavy atom. The van der Waals surface area contributed by atoms with Gasteiger partial charge in [-0.05, 0) is 30.7 Å². The van der Waals surface area contributed by atoms with Crippen LogP contribution in [0.5, 0.6) is 0 Å². The number of amidine groups is 1. The van der Waals surface area contributed by atoms with E-state index in [1.165, 1.54) is 5.56 Å². The Hall–Kier alpha value is -2.01. The number of nitrogens with two attached hydrogens (primary N) is 1. The Morgan fingerprint density at radius 3 is 2.67 bits per heavy atom. The minimum absolute atomic E-state index is 0.0201. The second-order valence-corrected chi connectivity index (χ2v) is 4.79. The first-order valence-corrected chi connectivity index (χ1v) is 6.20. The second-order valence-electron chi connectivity index (χ2n) is 3.70. The fourth-order valence-electron chi connectivity index (χ4n) is 1.50. The van der Waals surface area contributed by atoms with Gasteiger partial charge in [-0.15, -0.1) is 0 Å². The molecule has 0 aliphatic heterocycles. The maximum absolute atomic E-state index is 8.75. The molecule has 0 amide bonds. The van der Waals surface area contributed by atoms with E-state index in [-0.39, 0.29) is 5.84 Å². The van der Waals surface area contributed by atoms with Crippen molar-refractivity contribution in [3.8, 4) is 0 Å². The van der Waals surface area contributed by atoms with Gasteiger partial charge in [0.1, 0.15) is 5.69 Å². The predicted molar refractivity (Wildman–Crippen MR) is 72.0 cm³/mol. The smallest absolute Gasteiger partial charge is 0.189 e. The quantitative estimate of drug-likeness (QED) is 0.385. The van der Waals surface area contributed by atoms with E-state index in [0.717, 1.165) is 9.79 Å². The van der Waals surface area contributed by atoms with Gasteiger partial charge in [-0.1, -0.05) is 35.1 Å². The largest absolute Gasteiger partial charge is 0.409 e. The highest BCUT2D eigenvalue weighted by molar-refractivity contribution is 7.99. The summed E-state index contributed by atoms with van der Waals surface area (Å²) in [6, 6.07) is 11.8. The van der Waals surface area contributed by atoms with Crippen molar-refractivity contribution in [3.05, 3.63) is 53.9 Å². The number of oxime groups is 1. The molecule has 2 aromatic rings. The average molecular weight is 259 g/mol. The number of hydrogen-bond donors (Lipinski definition) is 2. The van der Waals surface area contributed by atoms with Crippen LogP contribution in [0.25, 0.3) is 0 Å². The van der Waals surface area contributed by atoms with Gasteiger partial charge in [0.2, 0.25) is 0 Å². The molecule has 0 radical (unpaired) electrons. The Morgan fingerprint density at radius 1 is 1.22 bits per heavy atom. The standard InChI is InChI=1S/C13H13N3OS/c1-9-5-2-3-6-10(9)18-11-7-4-8-15-12(11)13(14)16-17/h2-8,17H,1H3,(H2,14,16). The van der Waals surface area contributed by atoms with Gasteiger partial charge in [0.15, 0.2) is 5.84 Å². The summed E-state index contributed by atoms with van der Waals surface area (Å²) in [5.41, 5.74) is 7.28. The molecule has 3 N–H and O–H groups in total. The molecule has 0 atom stereocenters. The zero-order valence-electron chi connectivity index (χ0n) is 9.87. The van der Waals surface area contributed by atoms with Crippen molar-refractivity contribution in [2.24, 2.45) is 10.9 Å². The first-order chi connectivity index (χ1) is 8.72. The number of rotatable bonds is 3. The predicted octanol–water partition coefficient (Wildman–Crippen LogP) is 2.64. The number of pyridine rings is 1. The fraction of sp³-hybridized carbons (Fsp3) is 0.0769. The Balaban J connectivity index is 2.38. The molecule has 1 heterocycles. The van der Waals surface area contributed by atoms with Crippen molar-refractivity contribution in [2.75, 3.05) is 0 Å². The number of benzene rings is 1. The van der Waals surface area contributed by atoms with E-state index in [4.69, 9.17) is 10.9 Å². The summed E-state index contributed by atoms with van der Waals surface area (Å²) in [7, 11) is 0. The minimum atomic E-state index is 0.0201. The summed E-state index contributed by atoms with van der Waals surface area (Å²) < 4.78 is 0. The third-order valence-electron chi connectivity index (χ3n) is 2.43. The first-order valence-electron chi connectivity index (χ1n) is 5.39.